The van der Waals surface area contributed by atoms with Gasteiger partial charge in [-0.05, 0) is 60.9 Å². The summed E-state index contributed by atoms with van der Waals surface area (Å²) in [5, 5.41) is 12.9. The zero-order chi connectivity index (χ0) is 19.3. The van der Waals surface area contributed by atoms with Gasteiger partial charge in [0.15, 0.2) is 0 Å². The molecule has 150 valence electrons. The number of thioether (sulfide) groups is 1. The lowest BCUT2D eigenvalue weighted by atomic mass is 9.90. The maximum absolute atomic E-state index is 12.9. The van der Waals surface area contributed by atoms with Crippen LogP contribution in [0.5, 0.6) is 0 Å². The van der Waals surface area contributed by atoms with E-state index in [-0.39, 0.29) is 11.2 Å². The van der Waals surface area contributed by atoms with Gasteiger partial charge in [-0.2, -0.15) is 0 Å². The van der Waals surface area contributed by atoms with Crippen molar-refractivity contribution in [3.63, 3.8) is 0 Å². The Morgan fingerprint density at radius 2 is 1.86 bits per heavy atom. The Balaban J connectivity index is 1.29. The number of piperidine rings is 1. The molecule has 1 saturated heterocycles. The fourth-order valence-electron chi connectivity index (χ4n) is 4.41. The molecule has 6 nitrogen and oxygen atoms in total. The Morgan fingerprint density at radius 1 is 1.14 bits per heavy atom. The number of amides is 1. The molecular formula is C21H29N5OS. The number of aromatic nitrogens is 4. The molecule has 1 aromatic heterocycles. The van der Waals surface area contributed by atoms with Crippen LogP contribution < -0.4 is 0 Å². The Kier molecular flexibility index (Phi) is 6.29. The van der Waals surface area contributed by atoms with E-state index in [0.29, 0.717) is 12.0 Å². The Morgan fingerprint density at radius 3 is 2.57 bits per heavy atom. The van der Waals surface area contributed by atoms with E-state index in [4.69, 9.17) is 0 Å². The zero-order valence-corrected chi connectivity index (χ0v) is 17.4. The molecule has 0 radical (unpaired) electrons. The van der Waals surface area contributed by atoms with Crippen LogP contribution in [-0.4, -0.2) is 49.4 Å². The van der Waals surface area contributed by atoms with Crippen LogP contribution in [0.25, 0.3) is 0 Å². The molecule has 2 heterocycles. The first-order valence-electron chi connectivity index (χ1n) is 10.5. The number of likely N-dealkylation sites (tertiary alicyclic amines) is 1. The van der Waals surface area contributed by atoms with Gasteiger partial charge in [-0.1, -0.05) is 54.9 Å². The van der Waals surface area contributed by atoms with Crippen LogP contribution in [-0.2, 0) is 11.2 Å². The number of nitrogens with zero attached hydrogens (tertiary/aromatic N) is 5. The fourth-order valence-corrected chi connectivity index (χ4v) is 5.35. The van der Waals surface area contributed by atoms with Gasteiger partial charge in [0.25, 0.3) is 0 Å². The number of hydrogen-bond acceptors (Lipinski definition) is 5. The van der Waals surface area contributed by atoms with Crippen LogP contribution in [0.1, 0.15) is 57.1 Å². The second kappa shape index (κ2) is 9.07. The molecule has 2 aromatic rings. The van der Waals surface area contributed by atoms with E-state index >= 15 is 0 Å². The minimum Gasteiger partial charge on any atom is -0.342 e. The minimum atomic E-state index is -0.156. The molecule has 28 heavy (non-hydrogen) atoms. The lowest BCUT2D eigenvalue weighted by Gasteiger charge is -2.33. The van der Waals surface area contributed by atoms with Crippen molar-refractivity contribution in [2.24, 2.45) is 5.92 Å². The van der Waals surface area contributed by atoms with E-state index in [9.17, 15) is 4.79 Å². The molecule has 7 heteroatoms. The summed E-state index contributed by atoms with van der Waals surface area (Å²) >= 11 is 1.50. The first-order valence-corrected chi connectivity index (χ1v) is 11.4. The number of tetrazole rings is 1. The number of carbonyl (C=O) groups excluding carboxylic acids is 1. The van der Waals surface area contributed by atoms with Crippen LogP contribution in [0.4, 0.5) is 0 Å². The van der Waals surface area contributed by atoms with E-state index < -0.39 is 0 Å². The summed E-state index contributed by atoms with van der Waals surface area (Å²) in [5.41, 5.74) is 1.40. The summed E-state index contributed by atoms with van der Waals surface area (Å²) in [6.45, 7) is 3.69. The minimum absolute atomic E-state index is 0.156. The van der Waals surface area contributed by atoms with Crippen LogP contribution in [0.15, 0.2) is 35.5 Å². The average Bonchev–Trinajstić information content (AvgIpc) is 3.40. The van der Waals surface area contributed by atoms with Crippen molar-refractivity contribution >= 4 is 17.7 Å². The van der Waals surface area contributed by atoms with E-state index in [1.165, 1.54) is 30.2 Å². The summed E-state index contributed by atoms with van der Waals surface area (Å²) in [7, 11) is 0. The first kappa shape index (κ1) is 19.4. The van der Waals surface area contributed by atoms with Crippen molar-refractivity contribution in [1.82, 2.24) is 25.1 Å². The van der Waals surface area contributed by atoms with Crippen molar-refractivity contribution in [2.45, 2.75) is 68.3 Å². The Labute approximate surface area is 171 Å². The Hall–Kier alpha value is -1.89. The molecule has 0 bridgehead atoms. The molecule has 1 saturated carbocycles. The van der Waals surface area contributed by atoms with Crippen molar-refractivity contribution in [3.05, 3.63) is 35.9 Å². The van der Waals surface area contributed by atoms with Crippen LogP contribution in [0, 0.1) is 5.92 Å². The smallest absolute Gasteiger partial charge is 0.235 e. The van der Waals surface area contributed by atoms with Crippen molar-refractivity contribution < 1.29 is 4.79 Å². The predicted octanol–water partition coefficient (Wildman–Crippen LogP) is 3.75. The monoisotopic (exact) mass is 399 g/mol. The molecule has 2 fully saturated rings. The molecule has 1 aromatic carbocycles. The molecule has 0 spiro atoms. The number of benzene rings is 1. The normalized spacial score (nSPS) is 19.8. The van der Waals surface area contributed by atoms with E-state index in [1.54, 1.807) is 0 Å². The topological polar surface area (TPSA) is 63.9 Å². The van der Waals surface area contributed by atoms with Gasteiger partial charge >= 0.3 is 0 Å². The number of carbonyl (C=O) groups is 1. The SMILES string of the molecule is CC(Sc1nnnn1C1CCCC1)C(=O)N1CCC(Cc2ccccc2)CC1. The van der Waals surface area contributed by atoms with Gasteiger partial charge in [0, 0.05) is 13.1 Å². The molecule has 2 aliphatic rings. The molecule has 1 atom stereocenters. The second-order valence-corrected chi connectivity index (χ2v) is 9.37. The fraction of sp³-hybridized carbons (Fsp3) is 0.619. The van der Waals surface area contributed by atoms with E-state index in [1.807, 2.05) is 16.5 Å². The largest absolute Gasteiger partial charge is 0.342 e. The maximum Gasteiger partial charge on any atom is 0.235 e. The van der Waals surface area contributed by atoms with Crippen molar-refractivity contribution in [1.29, 1.82) is 0 Å². The highest BCUT2D eigenvalue weighted by Crippen LogP contribution is 2.33. The second-order valence-electron chi connectivity index (χ2n) is 8.06. The Bertz CT molecular complexity index is 766. The maximum atomic E-state index is 12.9. The summed E-state index contributed by atoms with van der Waals surface area (Å²) in [4.78, 5) is 15.0. The quantitative estimate of drug-likeness (QED) is 0.692. The lowest BCUT2D eigenvalue weighted by Crippen LogP contribution is -2.42. The van der Waals surface area contributed by atoms with E-state index in [0.717, 1.165) is 50.4 Å². The van der Waals surface area contributed by atoms with Gasteiger partial charge in [0.05, 0.1) is 11.3 Å². The van der Waals surface area contributed by atoms with Crippen LogP contribution in [0.3, 0.4) is 0 Å². The summed E-state index contributed by atoms with van der Waals surface area (Å²) in [5.74, 6) is 0.883. The molecule has 4 rings (SSSR count). The summed E-state index contributed by atoms with van der Waals surface area (Å²) in [6, 6.07) is 11.1. The first-order chi connectivity index (χ1) is 13.7. The third-order valence-corrected chi connectivity index (χ3v) is 7.09. The van der Waals surface area contributed by atoms with Crippen molar-refractivity contribution in [3.8, 4) is 0 Å². The third-order valence-electron chi connectivity index (χ3n) is 6.06. The summed E-state index contributed by atoms with van der Waals surface area (Å²) in [6.07, 6.45) is 8.02. The highest BCUT2D eigenvalue weighted by Gasteiger charge is 2.29. The predicted molar refractivity (Wildman–Crippen MR) is 110 cm³/mol. The summed E-state index contributed by atoms with van der Waals surface area (Å²) < 4.78 is 1.94. The molecule has 1 unspecified atom stereocenters. The zero-order valence-electron chi connectivity index (χ0n) is 16.5. The lowest BCUT2D eigenvalue weighted by molar-refractivity contribution is -0.131. The van der Waals surface area contributed by atoms with Crippen LogP contribution in [0.2, 0.25) is 0 Å². The van der Waals surface area contributed by atoms with Gasteiger partial charge in [0.2, 0.25) is 11.1 Å². The standard InChI is InChI=1S/C21H29N5OS/c1-16(28-21-22-23-24-26(21)19-9-5-6-10-19)20(27)25-13-11-18(12-14-25)15-17-7-3-2-4-8-17/h2-4,7-8,16,18-19H,5-6,9-15H2,1H3. The van der Waals surface area contributed by atoms with Gasteiger partial charge in [-0.3, -0.25) is 4.79 Å². The molecule has 1 aliphatic heterocycles. The highest BCUT2D eigenvalue weighted by molar-refractivity contribution is 8.00. The third kappa shape index (κ3) is 4.57. The average molecular weight is 400 g/mol. The van der Waals surface area contributed by atoms with Gasteiger partial charge in [-0.25, -0.2) is 4.68 Å². The van der Waals surface area contributed by atoms with Crippen molar-refractivity contribution in [2.75, 3.05) is 13.1 Å². The van der Waals surface area contributed by atoms with Gasteiger partial charge in [0.1, 0.15) is 0 Å². The molecular weight excluding hydrogens is 370 g/mol. The molecule has 1 amide bonds. The van der Waals surface area contributed by atoms with Crippen LogP contribution >= 0.6 is 11.8 Å². The number of hydrogen-bond donors (Lipinski definition) is 0. The van der Waals surface area contributed by atoms with E-state index in [2.05, 4.69) is 45.9 Å². The van der Waals surface area contributed by atoms with Gasteiger partial charge < -0.3 is 4.90 Å². The molecule has 1 aliphatic carbocycles. The van der Waals surface area contributed by atoms with Gasteiger partial charge in [-0.15, -0.1) is 5.10 Å². The molecule has 0 N–H and O–H groups in total. The number of rotatable bonds is 6. The highest BCUT2D eigenvalue weighted by atomic mass is 32.2.